The lowest BCUT2D eigenvalue weighted by atomic mass is 10.2. The zero-order valence-electron chi connectivity index (χ0n) is 9.33. The fourth-order valence-electron chi connectivity index (χ4n) is 1.33. The van der Waals surface area contributed by atoms with Crippen molar-refractivity contribution in [2.75, 3.05) is 0 Å². The van der Waals surface area contributed by atoms with Gasteiger partial charge in [0.2, 0.25) is 0 Å². The third-order valence-electron chi connectivity index (χ3n) is 2.36. The molecule has 5 nitrogen and oxygen atoms in total. The number of carbonyl (C=O) groups is 2. The number of amides is 1. The molecule has 0 saturated carbocycles. The predicted octanol–water partition coefficient (Wildman–Crippen LogP) is 1.92. The minimum atomic E-state index is -1.08. The van der Waals surface area contributed by atoms with E-state index in [1.807, 2.05) is 0 Å². The Morgan fingerprint density at radius 2 is 2.12 bits per heavy atom. The molecule has 2 N–H and O–H groups in total. The normalized spacial score (nSPS) is 12.2. The Kier molecular flexibility index (Phi) is 4.42. The number of halogens is 2. The van der Waals surface area contributed by atoms with Gasteiger partial charge in [-0.2, -0.15) is 0 Å². The molecule has 1 atom stereocenters. The van der Waals surface area contributed by atoms with Crippen molar-refractivity contribution in [3.8, 4) is 0 Å². The minimum Gasteiger partial charge on any atom is -0.480 e. The van der Waals surface area contributed by atoms with Gasteiger partial charge in [-0.05, 0) is 12.5 Å². The number of rotatable bonds is 4. The molecule has 0 radical (unpaired) electrons. The molecule has 1 amide bonds. The number of carboxylic acid groups (broad SMARTS) is 1. The number of carbonyl (C=O) groups excluding carboxylic acids is 1. The first-order valence-electron chi connectivity index (χ1n) is 4.92. The van der Waals surface area contributed by atoms with Crippen LogP contribution < -0.4 is 5.32 Å². The SMILES string of the molecule is CC[C@H](NC(=O)c1cc(Cl)c(Cl)n1C)C(=O)O. The number of hydrogen-bond donors (Lipinski definition) is 2. The smallest absolute Gasteiger partial charge is 0.326 e. The molecule has 1 heterocycles. The lowest BCUT2D eigenvalue weighted by Crippen LogP contribution is -2.40. The van der Waals surface area contributed by atoms with Gasteiger partial charge >= 0.3 is 5.97 Å². The molecule has 0 aliphatic heterocycles. The Bertz CT molecular complexity index is 457. The molecule has 1 aromatic rings. The van der Waals surface area contributed by atoms with Crippen LogP contribution in [-0.4, -0.2) is 27.6 Å². The van der Waals surface area contributed by atoms with Crippen LogP contribution in [0, 0.1) is 0 Å². The van der Waals surface area contributed by atoms with Crippen LogP contribution in [0.2, 0.25) is 10.2 Å². The van der Waals surface area contributed by atoms with Crippen LogP contribution in [0.25, 0.3) is 0 Å². The molecule has 0 bridgehead atoms. The average molecular weight is 279 g/mol. The molecule has 94 valence electrons. The fourth-order valence-corrected chi connectivity index (χ4v) is 1.71. The molecule has 0 aliphatic rings. The highest BCUT2D eigenvalue weighted by Gasteiger charge is 2.21. The fraction of sp³-hybridized carbons (Fsp3) is 0.400. The van der Waals surface area contributed by atoms with E-state index < -0.39 is 17.9 Å². The van der Waals surface area contributed by atoms with Crippen molar-refractivity contribution in [2.24, 2.45) is 7.05 Å². The molecule has 0 aromatic carbocycles. The summed E-state index contributed by atoms with van der Waals surface area (Å²) in [4.78, 5) is 22.6. The highest BCUT2D eigenvalue weighted by molar-refractivity contribution is 6.41. The second kappa shape index (κ2) is 5.42. The molecule has 17 heavy (non-hydrogen) atoms. The third-order valence-corrected chi connectivity index (χ3v) is 3.20. The van der Waals surface area contributed by atoms with E-state index in [0.717, 1.165) is 0 Å². The van der Waals surface area contributed by atoms with Gasteiger partial charge in [-0.25, -0.2) is 4.79 Å². The van der Waals surface area contributed by atoms with Crippen molar-refractivity contribution < 1.29 is 14.7 Å². The van der Waals surface area contributed by atoms with E-state index in [1.165, 1.54) is 10.6 Å². The third kappa shape index (κ3) is 2.92. The first-order valence-corrected chi connectivity index (χ1v) is 5.68. The predicted molar refractivity (Wildman–Crippen MR) is 64.6 cm³/mol. The van der Waals surface area contributed by atoms with Gasteiger partial charge in [-0.1, -0.05) is 30.1 Å². The van der Waals surface area contributed by atoms with Crippen molar-refractivity contribution in [3.05, 3.63) is 21.9 Å². The lowest BCUT2D eigenvalue weighted by Gasteiger charge is -2.12. The molecule has 0 fully saturated rings. The molecule has 0 spiro atoms. The summed E-state index contributed by atoms with van der Waals surface area (Å²) in [5.74, 6) is -1.59. The summed E-state index contributed by atoms with van der Waals surface area (Å²) in [7, 11) is 1.57. The van der Waals surface area contributed by atoms with E-state index in [2.05, 4.69) is 5.32 Å². The van der Waals surface area contributed by atoms with Crippen molar-refractivity contribution in [1.82, 2.24) is 9.88 Å². The topological polar surface area (TPSA) is 71.3 Å². The van der Waals surface area contributed by atoms with Crippen LogP contribution in [0.4, 0.5) is 0 Å². The molecule has 1 rings (SSSR count). The molecule has 0 unspecified atom stereocenters. The Morgan fingerprint density at radius 1 is 1.53 bits per heavy atom. The van der Waals surface area contributed by atoms with Crippen molar-refractivity contribution >= 4 is 35.1 Å². The van der Waals surface area contributed by atoms with Gasteiger partial charge in [0, 0.05) is 7.05 Å². The maximum absolute atomic E-state index is 11.8. The number of hydrogen-bond acceptors (Lipinski definition) is 2. The van der Waals surface area contributed by atoms with Crippen molar-refractivity contribution in [1.29, 1.82) is 0 Å². The van der Waals surface area contributed by atoms with Crippen molar-refractivity contribution in [3.63, 3.8) is 0 Å². The van der Waals surface area contributed by atoms with Gasteiger partial charge in [0.25, 0.3) is 5.91 Å². The molecule has 0 saturated heterocycles. The molecule has 0 aliphatic carbocycles. The van der Waals surface area contributed by atoms with Crippen LogP contribution in [0.5, 0.6) is 0 Å². The summed E-state index contributed by atoms with van der Waals surface area (Å²) in [6.45, 7) is 1.67. The van der Waals surface area contributed by atoms with Crippen LogP contribution >= 0.6 is 23.2 Å². The van der Waals surface area contributed by atoms with Crippen LogP contribution in [0.1, 0.15) is 23.8 Å². The highest BCUT2D eigenvalue weighted by atomic mass is 35.5. The summed E-state index contributed by atoms with van der Waals surface area (Å²) < 4.78 is 1.40. The van der Waals surface area contributed by atoms with E-state index in [0.29, 0.717) is 6.42 Å². The first-order chi connectivity index (χ1) is 7.88. The molecular weight excluding hydrogens is 267 g/mol. The van der Waals surface area contributed by atoms with Crippen LogP contribution in [0.3, 0.4) is 0 Å². The van der Waals surface area contributed by atoms with E-state index in [4.69, 9.17) is 28.3 Å². The maximum atomic E-state index is 11.8. The Balaban J connectivity index is 2.90. The largest absolute Gasteiger partial charge is 0.480 e. The van der Waals surface area contributed by atoms with Gasteiger partial charge in [-0.15, -0.1) is 0 Å². The zero-order valence-corrected chi connectivity index (χ0v) is 10.8. The maximum Gasteiger partial charge on any atom is 0.326 e. The number of aliphatic carboxylic acids is 1. The van der Waals surface area contributed by atoms with E-state index in [1.54, 1.807) is 14.0 Å². The summed E-state index contributed by atoms with van der Waals surface area (Å²) >= 11 is 11.6. The first kappa shape index (κ1) is 13.9. The second-order valence-corrected chi connectivity index (χ2v) is 4.27. The molecule has 7 heteroatoms. The number of aromatic nitrogens is 1. The van der Waals surface area contributed by atoms with E-state index in [-0.39, 0.29) is 15.9 Å². The number of nitrogens with one attached hydrogen (secondary N) is 1. The lowest BCUT2D eigenvalue weighted by molar-refractivity contribution is -0.139. The van der Waals surface area contributed by atoms with Gasteiger partial charge in [0.15, 0.2) is 0 Å². The van der Waals surface area contributed by atoms with Gasteiger partial charge in [0.05, 0.1) is 5.02 Å². The van der Waals surface area contributed by atoms with Gasteiger partial charge in [0.1, 0.15) is 16.9 Å². The quantitative estimate of drug-likeness (QED) is 0.884. The highest BCUT2D eigenvalue weighted by Crippen LogP contribution is 2.25. The average Bonchev–Trinajstić information content (AvgIpc) is 2.53. The van der Waals surface area contributed by atoms with E-state index in [9.17, 15) is 9.59 Å². The van der Waals surface area contributed by atoms with Gasteiger partial charge < -0.3 is 15.0 Å². The monoisotopic (exact) mass is 278 g/mol. The van der Waals surface area contributed by atoms with Gasteiger partial charge in [-0.3, -0.25) is 4.79 Å². The standard InChI is InChI=1S/C10H12Cl2N2O3/c1-3-6(10(16)17)13-9(15)7-4-5(11)8(12)14(7)2/h4,6H,3H2,1-2H3,(H,13,15)(H,16,17)/t6-/m0/s1. The Hall–Kier alpha value is -1.20. The summed E-state index contributed by atoms with van der Waals surface area (Å²) in [6.07, 6.45) is 0.299. The van der Waals surface area contributed by atoms with Crippen LogP contribution in [0.15, 0.2) is 6.07 Å². The van der Waals surface area contributed by atoms with E-state index >= 15 is 0 Å². The minimum absolute atomic E-state index is 0.222. The summed E-state index contributed by atoms with van der Waals surface area (Å²) in [5, 5.41) is 11.7. The summed E-state index contributed by atoms with van der Waals surface area (Å²) in [5.41, 5.74) is 0.222. The zero-order chi connectivity index (χ0) is 13.2. The Labute approximate surface area is 108 Å². The molecule has 1 aromatic heterocycles. The Morgan fingerprint density at radius 3 is 2.47 bits per heavy atom. The number of carboxylic acids is 1. The van der Waals surface area contributed by atoms with Crippen LogP contribution in [-0.2, 0) is 11.8 Å². The van der Waals surface area contributed by atoms with Crippen molar-refractivity contribution in [2.45, 2.75) is 19.4 Å². The number of nitrogens with zero attached hydrogens (tertiary/aromatic N) is 1. The second-order valence-electron chi connectivity index (χ2n) is 3.50. The summed E-state index contributed by atoms with van der Waals surface area (Å²) in [6, 6.07) is 0.475. The molecular formula is C10H12Cl2N2O3.